The van der Waals surface area contributed by atoms with Gasteiger partial charge in [-0.1, -0.05) is 5.16 Å². The molecule has 0 fully saturated rings. The Morgan fingerprint density at radius 3 is 3.06 bits per heavy atom. The quantitative estimate of drug-likeness (QED) is 0.740. The summed E-state index contributed by atoms with van der Waals surface area (Å²) < 4.78 is 6.98. The molecular formula is C12H9N5O. The predicted molar refractivity (Wildman–Crippen MR) is 63.2 cm³/mol. The fraction of sp³-hybridized carbons (Fsp3) is 0.0833. The van der Waals surface area contributed by atoms with Crippen LogP contribution in [-0.4, -0.2) is 19.7 Å². The van der Waals surface area contributed by atoms with Crippen LogP contribution in [-0.2, 0) is 7.05 Å². The van der Waals surface area contributed by atoms with Gasteiger partial charge in [0.25, 0.3) is 5.89 Å². The summed E-state index contributed by atoms with van der Waals surface area (Å²) in [5, 5.41) is 12.7. The van der Waals surface area contributed by atoms with Gasteiger partial charge in [0, 0.05) is 19.4 Å². The Morgan fingerprint density at radius 2 is 2.39 bits per heavy atom. The molecule has 3 rings (SSSR count). The SMILES string of the molecule is Cn1cc(C#N)cc1-c1nc(-c2ccc[nH]2)no1. The standard InChI is InChI=1S/C12H9N5O/c1-17-7-8(6-13)5-10(17)12-15-11(16-18-12)9-3-2-4-14-9/h2-5,7,14H,1H3. The molecule has 0 bridgehead atoms. The Hall–Kier alpha value is -2.81. The number of aromatic nitrogens is 4. The Labute approximate surface area is 102 Å². The molecule has 0 aliphatic rings. The highest BCUT2D eigenvalue weighted by Gasteiger charge is 2.14. The molecule has 0 aliphatic heterocycles. The average Bonchev–Trinajstić information content (AvgIpc) is 3.08. The summed E-state index contributed by atoms with van der Waals surface area (Å²) in [5.41, 5.74) is 2.07. The first-order chi connectivity index (χ1) is 8.78. The van der Waals surface area contributed by atoms with E-state index in [1.54, 1.807) is 23.0 Å². The van der Waals surface area contributed by atoms with Gasteiger partial charge < -0.3 is 14.1 Å². The third kappa shape index (κ3) is 1.58. The van der Waals surface area contributed by atoms with Crippen molar-refractivity contribution in [3.05, 3.63) is 36.2 Å². The number of nitrogens with one attached hydrogen (secondary N) is 1. The van der Waals surface area contributed by atoms with E-state index in [4.69, 9.17) is 9.78 Å². The van der Waals surface area contributed by atoms with Gasteiger partial charge in [-0.15, -0.1) is 0 Å². The van der Waals surface area contributed by atoms with E-state index < -0.39 is 0 Å². The number of H-pyrrole nitrogens is 1. The molecule has 3 aromatic rings. The molecule has 88 valence electrons. The van der Waals surface area contributed by atoms with Crippen molar-refractivity contribution in [2.75, 3.05) is 0 Å². The minimum absolute atomic E-state index is 0.392. The Morgan fingerprint density at radius 1 is 1.50 bits per heavy atom. The number of nitriles is 1. The monoisotopic (exact) mass is 239 g/mol. The lowest BCUT2D eigenvalue weighted by Gasteiger charge is -1.94. The first kappa shape index (κ1) is 10.4. The largest absolute Gasteiger partial charge is 0.359 e. The Balaban J connectivity index is 2.03. The van der Waals surface area contributed by atoms with Crippen LogP contribution in [0.15, 0.2) is 35.1 Å². The maximum atomic E-state index is 8.84. The van der Waals surface area contributed by atoms with E-state index in [-0.39, 0.29) is 0 Å². The highest BCUT2D eigenvalue weighted by atomic mass is 16.5. The van der Waals surface area contributed by atoms with Gasteiger partial charge in [0.1, 0.15) is 11.8 Å². The minimum atomic E-state index is 0.392. The van der Waals surface area contributed by atoms with Crippen LogP contribution in [0.2, 0.25) is 0 Å². The van der Waals surface area contributed by atoms with Crippen LogP contribution >= 0.6 is 0 Å². The molecule has 0 unspecified atom stereocenters. The molecule has 0 aromatic carbocycles. The summed E-state index contributed by atoms with van der Waals surface area (Å²) in [6.45, 7) is 0. The molecule has 1 N–H and O–H groups in total. The van der Waals surface area contributed by atoms with Crippen LogP contribution in [0.5, 0.6) is 0 Å². The van der Waals surface area contributed by atoms with E-state index in [1.165, 1.54) is 0 Å². The molecule has 3 heterocycles. The van der Waals surface area contributed by atoms with Crippen molar-refractivity contribution in [2.24, 2.45) is 7.05 Å². The number of hydrogen-bond acceptors (Lipinski definition) is 4. The lowest BCUT2D eigenvalue weighted by atomic mass is 10.3. The molecular weight excluding hydrogens is 230 g/mol. The van der Waals surface area contributed by atoms with Gasteiger partial charge in [0.15, 0.2) is 0 Å². The van der Waals surface area contributed by atoms with Gasteiger partial charge >= 0.3 is 0 Å². The molecule has 0 spiro atoms. The van der Waals surface area contributed by atoms with Gasteiger partial charge in [-0.25, -0.2) is 0 Å². The van der Waals surface area contributed by atoms with Crippen LogP contribution in [0.25, 0.3) is 23.1 Å². The van der Waals surface area contributed by atoms with Gasteiger partial charge in [-0.3, -0.25) is 0 Å². The molecule has 6 nitrogen and oxygen atoms in total. The average molecular weight is 239 g/mol. The highest BCUT2D eigenvalue weighted by Crippen LogP contribution is 2.22. The highest BCUT2D eigenvalue weighted by molar-refractivity contribution is 5.57. The van der Waals surface area contributed by atoms with Gasteiger partial charge in [-0.2, -0.15) is 10.2 Å². The second-order valence-corrected chi connectivity index (χ2v) is 3.84. The van der Waals surface area contributed by atoms with E-state index >= 15 is 0 Å². The molecule has 0 atom stereocenters. The topological polar surface area (TPSA) is 83.4 Å². The zero-order valence-corrected chi connectivity index (χ0v) is 9.58. The first-order valence-electron chi connectivity index (χ1n) is 5.32. The lowest BCUT2D eigenvalue weighted by molar-refractivity contribution is 0.429. The van der Waals surface area contributed by atoms with Gasteiger partial charge in [-0.05, 0) is 18.2 Å². The van der Waals surface area contributed by atoms with Crippen molar-refractivity contribution in [1.82, 2.24) is 19.7 Å². The summed E-state index contributed by atoms with van der Waals surface area (Å²) in [5.74, 6) is 0.887. The number of nitrogens with zero attached hydrogens (tertiary/aromatic N) is 4. The molecule has 3 aromatic heterocycles. The van der Waals surface area contributed by atoms with Gasteiger partial charge in [0.2, 0.25) is 5.82 Å². The molecule has 0 radical (unpaired) electrons. The van der Waals surface area contributed by atoms with Crippen molar-refractivity contribution in [3.63, 3.8) is 0 Å². The van der Waals surface area contributed by atoms with E-state index in [9.17, 15) is 0 Å². The second-order valence-electron chi connectivity index (χ2n) is 3.84. The zero-order valence-electron chi connectivity index (χ0n) is 9.58. The molecule has 0 saturated carbocycles. The van der Waals surface area contributed by atoms with E-state index in [0.717, 1.165) is 11.4 Å². The Kier molecular flexibility index (Phi) is 2.24. The summed E-state index contributed by atoms with van der Waals surface area (Å²) in [6.07, 6.45) is 3.51. The normalized spacial score (nSPS) is 10.4. The first-order valence-corrected chi connectivity index (χ1v) is 5.32. The van der Waals surface area contributed by atoms with Crippen LogP contribution in [0.4, 0.5) is 0 Å². The zero-order chi connectivity index (χ0) is 12.5. The van der Waals surface area contributed by atoms with E-state index in [2.05, 4.69) is 21.2 Å². The number of aromatic amines is 1. The van der Waals surface area contributed by atoms with Gasteiger partial charge in [0.05, 0.1) is 11.3 Å². The van der Waals surface area contributed by atoms with Crippen LogP contribution < -0.4 is 0 Å². The minimum Gasteiger partial charge on any atom is -0.359 e. The third-order valence-corrected chi connectivity index (χ3v) is 2.62. The van der Waals surface area contributed by atoms with E-state index in [0.29, 0.717) is 17.3 Å². The number of hydrogen-bond donors (Lipinski definition) is 1. The number of aryl methyl sites for hydroxylation is 1. The molecule has 6 heteroatoms. The molecule has 0 aliphatic carbocycles. The fourth-order valence-electron chi connectivity index (χ4n) is 1.74. The summed E-state index contributed by atoms with van der Waals surface area (Å²) >= 11 is 0. The lowest BCUT2D eigenvalue weighted by Crippen LogP contribution is -1.89. The fourth-order valence-corrected chi connectivity index (χ4v) is 1.74. The molecule has 18 heavy (non-hydrogen) atoms. The maximum absolute atomic E-state index is 8.84. The molecule has 0 amide bonds. The second kappa shape index (κ2) is 3.89. The van der Waals surface area contributed by atoms with Crippen molar-refractivity contribution >= 4 is 0 Å². The number of rotatable bonds is 2. The van der Waals surface area contributed by atoms with Crippen molar-refractivity contribution in [3.8, 4) is 29.2 Å². The summed E-state index contributed by atoms with van der Waals surface area (Å²) in [6, 6.07) is 7.51. The smallest absolute Gasteiger partial charge is 0.274 e. The van der Waals surface area contributed by atoms with Crippen molar-refractivity contribution in [2.45, 2.75) is 0 Å². The maximum Gasteiger partial charge on any atom is 0.274 e. The summed E-state index contributed by atoms with van der Waals surface area (Å²) in [4.78, 5) is 7.30. The van der Waals surface area contributed by atoms with E-state index in [1.807, 2.05) is 19.2 Å². The van der Waals surface area contributed by atoms with Crippen LogP contribution in [0.3, 0.4) is 0 Å². The van der Waals surface area contributed by atoms with Crippen molar-refractivity contribution < 1.29 is 4.52 Å². The molecule has 0 saturated heterocycles. The Bertz CT molecular complexity index is 714. The third-order valence-electron chi connectivity index (χ3n) is 2.62. The van der Waals surface area contributed by atoms with Crippen molar-refractivity contribution in [1.29, 1.82) is 5.26 Å². The van der Waals surface area contributed by atoms with Crippen LogP contribution in [0.1, 0.15) is 5.56 Å². The predicted octanol–water partition coefficient (Wildman–Crippen LogP) is 1.94. The summed E-state index contributed by atoms with van der Waals surface area (Å²) in [7, 11) is 1.83. The van der Waals surface area contributed by atoms with Crippen LogP contribution in [0, 0.1) is 11.3 Å².